The third kappa shape index (κ3) is 3.84. The fourth-order valence-electron chi connectivity index (χ4n) is 4.09. The van der Waals surface area contributed by atoms with E-state index in [4.69, 9.17) is 0 Å². The van der Waals surface area contributed by atoms with Gasteiger partial charge in [0.25, 0.3) is 11.5 Å². The predicted molar refractivity (Wildman–Crippen MR) is 99.9 cm³/mol. The lowest BCUT2D eigenvalue weighted by Gasteiger charge is -2.47. The molecule has 1 aromatic heterocycles. The molecule has 2 saturated heterocycles. The number of rotatable bonds is 4. The van der Waals surface area contributed by atoms with Gasteiger partial charge in [0.05, 0.1) is 0 Å². The summed E-state index contributed by atoms with van der Waals surface area (Å²) in [5.41, 5.74) is 0.281. The summed E-state index contributed by atoms with van der Waals surface area (Å²) in [4.78, 5) is 40.9. The Morgan fingerprint density at radius 3 is 2.73 bits per heavy atom. The fourth-order valence-corrected chi connectivity index (χ4v) is 4.09. The van der Waals surface area contributed by atoms with Crippen molar-refractivity contribution in [1.82, 2.24) is 14.4 Å². The van der Waals surface area contributed by atoms with Gasteiger partial charge in [0.2, 0.25) is 5.91 Å². The van der Waals surface area contributed by atoms with Gasteiger partial charge in [-0.25, -0.2) is 0 Å². The highest BCUT2D eigenvalue weighted by atomic mass is 16.2. The van der Waals surface area contributed by atoms with E-state index < -0.39 is 0 Å². The molecule has 0 bridgehead atoms. The molecule has 0 unspecified atom stereocenters. The van der Waals surface area contributed by atoms with Crippen molar-refractivity contribution in [2.75, 3.05) is 19.6 Å². The number of amides is 2. The summed E-state index contributed by atoms with van der Waals surface area (Å²) >= 11 is 0. The summed E-state index contributed by atoms with van der Waals surface area (Å²) in [6, 6.07) is 3.37. The van der Waals surface area contributed by atoms with Crippen LogP contribution in [0.3, 0.4) is 0 Å². The lowest BCUT2D eigenvalue weighted by Crippen LogP contribution is -2.57. The van der Waals surface area contributed by atoms with E-state index in [2.05, 4.69) is 18.7 Å². The summed E-state index contributed by atoms with van der Waals surface area (Å²) in [7, 11) is 1.67. The largest absolute Gasteiger partial charge is 0.339 e. The summed E-state index contributed by atoms with van der Waals surface area (Å²) in [5, 5.41) is 0. The molecule has 2 atom stereocenters. The van der Waals surface area contributed by atoms with Crippen LogP contribution in [0.25, 0.3) is 0 Å². The molecule has 0 saturated carbocycles. The molecular formula is C20H29N3O3. The minimum Gasteiger partial charge on any atom is -0.339 e. The second kappa shape index (κ2) is 7.64. The van der Waals surface area contributed by atoms with E-state index in [1.54, 1.807) is 19.3 Å². The van der Waals surface area contributed by atoms with E-state index in [1.807, 2.05) is 4.90 Å². The molecule has 2 amide bonds. The van der Waals surface area contributed by atoms with Crippen molar-refractivity contribution >= 4 is 11.8 Å². The van der Waals surface area contributed by atoms with Gasteiger partial charge in [-0.3, -0.25) is 14.4 Å². The van der Waals surface area contributed by atoms with Gasteiger partial charge in [0.15, 0.2) is 0 Å². The second-order valence-corrected chi connectivity index (χ2v) is 8.04. The van der Waals surface area contributed by atoms with E-state index in [9.17, 15) is 14.4 Å². The van der Waals surface area contributed by atoms with E-state index in [0.29, 0.717) is 36.9 Å². The number of carbonyl (C=O) groups excluding carboxylic acids is 2. The first-order chi connectivity index (χ1) is 12.4. The molecule has 0 aliphatic carbocycles. The van der Waals surface area contributed by atoms with Crippen LogP contribution in [-0.2, 0) is 11.8 Å². The van der Waals surface area contributed by atoms with Gasteiger partial charge < -0.3 is 14.4 Å². The normalized spacial score (nSPS) is 23.3. The molecule has 6 heteroatoms. The monoisotopic (exact) mass is 359 g/mol. The summed E-state index contributed by atoms with van der Waals surface area (Å²) in [6.45, 7) is 6.49. The molecule has 0 radical (unpaired) electrons. The zero-order valence-electron chi connectivity index (χ0n) is 16.0. The molecule has 3 rings (SSSR count). The number of pyridine rings is 1. The Balaban J connectivity index is 1.69. The van der Waals surface area contributed by atoms with Crippen LogP contribution in [0, 0.1) is 11.8 Å². The number of hydrogen-bond donors (Lipinski definition) is 0. The molecule has 6 nitrogen and oxygen atoms in total. The van der Waals surface area contributed by atoms with Crippen LogP contribution >= 0.6 is 0 Å². The number of aromatic nitrogens is 1. The van der Waals surface area contributed by atoms with E-state index in [0.717, 1.165) is 25.8 Å². The Kier molecular flexibility index (Phi) is 5.49. The molecule has 0 spiro atoms. The molecule has 2 fully saturated rings. The van der Waals surface area contributed by atoms with E-state index in [-0.39, 0.29) is 23.4 Å². The average molecular weight is 359 g/mol. The van der Waals surface area contributed by atoms with Crippen molar-refractivity contribution in [3.8, 4) is 0 Å². The number of aryl methyl sites for hydroxylation is 1. The average Bonchev–Trinajstić information content (AvgIpc) is 2.62. The van der Waals surface area contributed by atoms with Gasteiger partial charge in [-0.1, -0.05) is 13.8 Å². The lowest BCUT2D eigenvalue weighted by molar-refractivity contribution is -0.140. The number of hydrogen-bond acceptors (Lipinski definition) is 3. The maximum atomic E-state index is 12.8. The van der Waals surface area contributed by atoms with Gasteiger partial charge >= 0.3 is 0 Å². The molecule has 142 valence electrons. The fraction of sp³-hybridized carbons (Fsp3) is 0.650. The van der Waals surface area contributed by atoms with Crippen molar-refractivity contribution < 1.29 is 9.59 Å². The van der Waals surface area contributed by atoms with Crippen LogP contribution in [0.1, 0.15) is 49.9 Å². The molecule has 2 aliphatic rings. The van der Waals surface area contributed by atoms with E-state index in [1.165, 1.54) is 10.6 Å². The van der Waals surface area contributed by atoms with Crippen molar-refractivity contribution in [3.05, 3.63) is 34.2 Å². The van der Waals surface area contributed by atoms with Crippen molar-refractivity contribution in [1.29, 1.82) is 0 Å². The number of carbonyl (C=O) groups is 2. The third-order valence-electron chi connectivity index (χ3n) is 5.73. The molecule has 26 heavy (non-hydrogen) atoms. The maximum Gasteiger partial charge on any atom is 0.254 e. The van der Waals surface area contributed by atoms with Crippen LogP contribution in [-0.4, -0.2) is 51.9 Å². The van der Waals surface area contributed by atoms with Crippen LogP contribution in [0.5, 0.6) is 0 Å². The topological polar surface area (TPSA) is 62.6 Å². The zero-order valence-corrected chi connectivity index (χ0v) is 16.0. The molecular weight excluding hydrogens is 330 g/mol. The summed E-state index contributed by atoms with van der Waals surface area (Å²) in [5.74, 6) is 1.10. The smallest absolute Gasteiger partial charge is 0.254 e. The van der Waals surface area contributed by atoms with Crippen molar-refractivity contribution in [2.45, 2.75) is 45.6 Å². The van der Waals surface area contributed by atoms with Gasteiger partial charge in [-0.15, -0.1) is 0 Å². The van der Waals surface area contributed by atoms with Crippen molar-refractivity contribution in [3.63, 3.8) is 0 Å². The number of nitrogens with zero attached hydrogens (tertiary/aromatic N) is 3. The quantitative estimate of drug-likeness (QED) is 0.825. The highest BCUT2D eigenvalue weighted by Gasteiger charge is 2.40. The zero-order chi connectivity index (χ0) is 18.8. The molecule has 0 aromatic carbocycles. The van der Waals surface area contributed by atoms with E-state index >= 15 is 0 Å². The van der Waals surface area contributed by atoms with Crippen LogP contribution in [0.15, 0.2) is 23.1 Å². The van der Waals surface area contributed by atoms with Crippen molar-refractivity contribution in [2.24, 2.45) is 18.9 Å². The standard InChI is InChI=1S/C20H29N3O3/c1-14(2)6-11-23-17-8-10-22(13-16(17)4-5-18(23)24)20(26)15-7-9-21(3)19(25)12-15/h7,9,12,14,16-17H,4-6,8,10-11,13H2,1-3H3/t16-,17+/m1/s1. The minimum absolute atomic E-state index is 0.0771. The Morgan fingerprint density at radius 2 is 2.04 bits per heavy atom. The van der Waals surface area contributed by atoms with Gasteiger partial charge in [-0.05, 0) is 37.2 Å². The highest BCUT2D eigenvalue weighted by Crippen LogP contribution is 2.32. The Morgan fingerprint density at radius 1 is 1.27 bits per heavy atom. The minimum atomic E-state index is -0.172. The first-order valence-electron chi connectivity index (χ1n) is 9.62. The van der Waals surface area contributed by atoms with Crippen LogP contribution in [0.4, 0.5) is 0 Å². The SMILES string of the molecule is CC(C)CCN1C(=O)CC[C@@H]2CN(C(=O)c3ccn(C)c(=O)c3)CC[C@@H]21. The number of fused-ring (bicyclic) bond motifs is 1. The second-order valence-electron chi connectivity index (χ2n) is 8.04. The third-order valence-corrected chi connectivity index (χ3v) is 5.73. The maximum absolute atomic E-state index is 12.8. The lowest BCUT2D eigenvalue weighted by atomic mass is 9.83. The predicted octanol–water partition coefficient (Wildman–Crippen LogP) is 1.88. The van der Waals surface area contributed by atoms with Gasteiger partial charge in [0, 0.05) is 57.0 Å². The van der Waals surface area contributed by atoms with Gasteiger partial charge in [-0.2, -0.15) is 0 Å². The van der Waals surface area contributed by atoms with Gasteiger partial charge in [0.1, 0.15) is 0 Å². The Bertz CT molecular complexity index is 740. The Hall–Kier alpha value is -2.11. The number of likely N-dealkylation sites (tertiary alicyclic amines) is 2. The van der Waals surface area contributed by atoms with Crippen LogP contribution < -0.4 is 5.56 Å². The molecule has 1 aromatic rings. The first kappa shape index (κ1) is 18.7. The molecule has 2 aliphatic heterocycles. The first-order valence-corrected chi connectivity index (χ1v) is 9.62. The molecule has 0 N–H and O–H groups in total. The Labute approximate surface area is 154 Å². The molecule has 3 heterocycles. The summed E-state index contributed by atoms with van der Waals surface area (Å²) in [6.07, 6.45) is 4.90. The number of piperidine rings is 2. The van der Waals surface area contributed by atoms with Crippen LogP contribution in [0.2, 0.25) is 0 Å². The summed E-state index contributed by atoms with van der Waals surface area (Å²) < 4.78 is 1.46. The highest BCUT2D eigenvalue weighted by molar-refractivity contribution is 5.94.